The van der Waals surface area contributed by atoms with E-state index in [9.17, 15) is 22.8 Å². The van der Waals surface area contributed by atoms with E-state index in [0.29, 0.717) is 17.6 Å². The minimum Gasteiger partial charge on any atom is -0.493 e. The van der Waals surface area contributed by atoms with Gasteiger partial charge in [0.2, 0.25) is 0 Å². The van der Waals surface area contributed by atoms with Gasteiger partial charge in [0.05, 0.1) is 35.1 Å². The zero-order chi connectivity index (χ0) is 22.5. The van der Waals surface area contributed by atoms with Gasteiger partial charge in [0, 0.05) is 0 Å². The summed E-state index contributed by atoms with van der Waals surface area (Å²) < 4.78 is 54.0. The first-order chi connectivity index (χ1) is 14.0. The molecule has 0 saturated carbocycles. The van der Waals surface area contributed by atoms with Crippen molar-refractivity contribution in [2.24, 2.45) is 0 Å². The number of ether oxygens (including phenoxy) is 3. The van der Waals surface area contributed by atoms with Crippen LogP contribution in [0.5, 0.6) is 11.5 Å². The van der Waals surface area contributed by atoms with Gasteiger partial charge in [-0.2, -0.15) is 13.2 Å². The van der Waals surface area contributed by atoms with Crippen molar-refractivity contribution in [2.75, 3.05) is 19.0 Å². The van der Waals surface area contributed by atoms with Gasteiger partial charge in [-0.1, -0.05) is 11.6 Å². The molecule has 0 aliphatic carbocycles. The lowest BCUT2D eigenvalue weighted by Gasteiger charge is -2.14. The molecule has 0 radical (unpaired) electrons. The van der Waals surface area contributed by atoms with E-state index in [1.54, 1.807) is 0 Å². The molecule has 1 N–H and O–H groups in total. The molecule has 0 aliphatic rings. The summed E-state index contributed by atoms with van der Waals surface area (Å²) in [7, 11) is 1.41. The first kappa shape index (κ1) is 23.3. The van der Waals surface area contributed by atoms with Crippen molar-refractivity contribution >= 4 is 29.2 Å². The Morgan fingerprint density at radius 1 is 1.10 bits per heavy atom. The maximum Gasteiger partial charge on any atom is 0.416 e. The fourth-order valence-electron chi connectivity index (χ4n) is 2.34. The number of amides is 1. The van der Waals surface area contributed by atoms with Gasteiger partial charge in [-0.25, -0.2) is 4.79 Å². The van der Waals surface area contributed by atoms with Crippen LogP contribution in [0.1, 0.15) is 29.8 Å². The van der Waals surface area contributed by atoms with Gasteiger partial charge in [0.25, 0.3) is 5.91 Å². The minimum absolute atomic E-state index is 0.0897. The molecule has 0 aromatic heterocycles. The molecule has 2 aromatic rings. The number of halogens is 4. The fraction of sp³-hybridized carbons (Fsp3) is 0.300. The molecule has 0 aliphatic heterocycles. The van der Waals surface area contributed by atoms with Crippen molar-refractivity contribution in [3.05, 3.63) is 52.5 Å². The second-order valence-corrected chi connectivity index (χ2v) is 6.76. The smallest absolute Gasteiger partial charge is 0.416 e. The zero-order valence-corrected chi connectivity index (χ0v) is 17.1. The van der Waals surface area contributed by atoms with Crippen LogP contribution in [0.15, 0.2) is 36.4 Å². The number of hydrogen-bond acceptors (Lipinski definition) is 5. The second kappa shape index (κ2) is 9.71. The first-order valence-electron chi connectivity index (χ1n) is 8.69. The number of methoxy groups -OCH3 is 1. The number of anilines is 1. The number of carbonyl (C=O) groups excluding carboxylic acids is 2. The maximum absolute atomic E-state index is 12.8. The van der Waals surface area contributed by atoms with E-state index in [2.05, 4.69) is 5.32 Å². The predicted molar refractivity (Wildman–Crippen MR) is 104 cm³/mol. The van der Waals surface area contributed by atoms with Gasteiger partial charge in [-0.15, -0.1) is 0 Å². The Morgan fingerprint density at radius 3 is 2.40 bits per heavy atom. The topological polar surface area (TPSA) is 73.9 Å². The third-order valence-electron chi connectivity index (χ3n) is 3.66. The standard InChI is InChI=1S/C20H19ClF3NO5/c1-11(2)30-16-7-4-12(8-17(16)28-3)19(27)29-10-18(26)25-15-9-13(20(22,23)24)5-6-14(15)21/h4-9,11H,10H2,1-3H3,(H,25,26). The SMILES string of the molecule is COc1cc(C(=O)OCC(=O)Nc2cc(C(F)(F)F)ccc2Cl)ccc1OC(C)C. The number of carbonyl (C=O) groups is 2. The molecule has 10 heteroatoms. The fourth-order valence-corrected chi connectivity index (χ4v) is 2.51. The molecule has 0 unspecified atom stereocenters. The highest BCUT2D eigenvalue weighted by Gasteiger charge is 2.31. The molecule has 0 atom stereocenters. The number of esters is 1. The molecule has 30 heavy (non-hydrogen) atoms. The molecule has 2 aromatic carbocycles. The van der Waals surface area contributed by atoms with Gasteiger partial charge in [-0.05, 0) is 50.2 Å². The summed E-state index contributed by atoms with van der Waals surface area (Å²) in [6.45, 7) is 2.94. The summed E-state index contributed by atoms with van der Waals surface area (Å²) in [6, 6.07) is 6.85. The molecule has 0 heterocycles. The van der Waals surface area contributed by atoms with Gasteiger partial charge < -0.3 is 19.5 Å². The van der Waals surface area contributed by atoms with Crippen LogP contribution in [0.2, 0.25) is 5.02 Å². The lowest BCUT2D eigenvalue weighted by atomic mass is 10.2. The van der Waals surface area contributed by atoms with E-state index in [-0.39, 0.29) is 22.4 Å². The monoisotopic (exact) mass is 445 g/mol. The molecule has 0 saturated heterocycles. The third-order valence-corrected chi connectivity index (χ3v) is 3.99. The highest BCUT2D eigenvalue weighted by atomic mass is 35.5. The molecular formula is C20H19ClF3NO5. The molecule has 0 spiro atoms. The molecule has 0 fully saturated rings. The highest BCUT2D eigenvalue weighted by molar-refractivity contribution is 6.33. The zero-order valence-electron chi connectivity index (χ0n) is 16.3. The average molecular weight is 446 g/mol. The Bertz CT molecular complexity index is 931. The predicted octanol–water partition coefficient (Wildman–Crippen LogP) is 4.95. The van der Waals surface area contributed by atoms with Gasteiger partial charge in [-0.3, -0.25) is 4.79 Å². The van der Waals surface area contributed by atoms with Crippen LogP contribution >= 0.6 is 11.6 Å². The summed E-state index contributed by atoms with van der Waals surface area (Å²) in [5, 5.41) is 2.10. The molecule has 0 bridgehead atoms. The number of nitrogens with one attached hydrogen (secondary N) is 1. The van der Waals surface area contributed by atoms with Crippen molar-refractivity contribution in [1.29, 1.82) is 0 Å². The van der Waals surface area contributed by atoms with Crippen LogP contribution in [0, 0.1) is 0 Å². The van der Waals surface area contributed by atoms with Crippen molar-refractivity contribution < 1.29 is 37.0 Å². The summed E-state index contributed by atoms with van der Waals surface area (Å²) in [6.07, 6.45) is -4.70. The van der Waals surface area contributed by atoms with E-state index < -0.39 is 30.2 Å². The van der Waals surface area contributed by atoms with Crippen molar-refractivity contribution in [1.82, 2.24) is 0 Å². The Hall–Kier alpha value is -2.94. The highest BCUT2D eigenvalue weighted by Crippen LogP contribution is 2.34. The number of hydrogen-bond donors (Lipinski definition) is 1. The largest absolute Gasteiger partial charge is 0.493 e. The van der Waals surface area contributed by atoms with Crippen LogP contribution in [0.3, 0.4) is 0 Å². The van der Waals surface area contributed by atoms with E-state index in [1.807, 2.05) is 13.8 Å². The van der Waals surface area contributed by atoms with E-state index in [0.717, 1.165) is 12.1 Å². The quantitative estimate of drug-likeness (QED) is 0.610. The Morgan fingerprint density at radius 2 is 1.80 bits per heavy atom. The summed E-state index contributed by atoms with van der Waals surface area (Å²) >= 11 is 5.82. The van der Waals surface area contributed by atoms with Crippen LogP contribution in [-0.2, 0) is 15.7 Å². The Balaban J connectivity index is 2.02. The summed E-state index contributed by atoms with van der Waals surface area (Å²) in [5.74, 6) is -0.940. The number of benzene rings is 2. The molecule has 1 amide bonds. The lowest BCUT2D eigenvalue weighted by molar-refractivity contribution is -0.137. The van der Waals surface area contributed by atoms with Gasteiger partial charge in [0.15, 0.2) is 18.1 Å². The molecule has 6 nitrogen and oxygen atoms in total. The minimum atomic E-state index is -4.60. The van der Waals surface area contributed by atoms with E-state index in [4.69, 9.17) is 25.8 Å². The van der Waals surface area contributed by atoms with Crippen LogP contribution in [-0.4, -0.2) is 31.7 Å². The summed E-state index contributed by atoms with van der Waals surface area (Å²) in [4.78, 5) is 24.2. The Kier molecular flexibility index (Phi) is 7.55. The van der Waals surface area contributed by atoms with Crippen molar-refractivity contribution in [3.63, 3.8) is 0 Å². The van der Waals surface area contributed by atoms with Gasteiger partial charge in [0.1, 0.15) is 0 Å². The van der Waals surface area contributed by atoms with Crippen LogP contribution in [0.4, 0.5) is 18.9 Å². The molecule has 162 valence electrons. The van der Waals surface area contributed by atoms with E-state index in [1.165, 1.54) is 25.3 Å². The lowest BCUT2D eigenvalue weighted by Crippen LogP contribution is -2.21. The average Bonchev–Trinajstić information content (AvgIpc) is 2.66. The van der Waals surface area contributed by atoms with E-state index >= 15 is 0 Å². The summed E-state index contributed by atoms with van der Waals surface area (Å²) in [5.41, 5.74) is -1.12. The van der Waals surface area contributed by atoms with Crippen molar-refractivity contribution in [3.8, 4) is 11.5 Å². The molecule has 2 rings (SSSR count). The number of rotatable bonds is 7. The van der Waals surface area contributed by atoms with Gasteiger partial charge >= 0.3 is 12.1 Å². The second-order valence-electron chi connectivity index (χ2n) is 6.35. The van der Waals surface area contributed by atoms with Crippen LogP contribution < -0.4 is 14.8 Å². The number of alkyl halides is 3. The van der Waals surface area contributed by atoms with Crippen LogP contribution in [0.25, 0.3) is 0 Å². The first-order valence-corrected chi connectivity index (χ1v) is 9.07. The van der Waals surface area contributed by atoms with Crippen molar-refractivity contribution in [2.45, 2.75) is 26.1 Å². The molecular weight excluding hydrogens is 427 g/mol. The third kappa shape index (κ3) is 6.28. The normalized spacial score (nSPS) is 11.2. The maximum atomic E-state index is 12.8. The Labute approximate surface area is 175 Å².